The SMILES string of the molecule is Cl.O=C(NCc1ccc(F)c(Cl)c1)C1(n2cccn2)CCNCC1. The van der Waals surface area contributed by atoms with Gasteiger partial charge >= 0.3 is 0 Å². The summed E-state index contributed by atoms with van der Waals surface area (Å²) in [7, 11) is 0. The molecule has 1 aromatic heterocycles. The molecule has 0 unspecified atom stereocenters. The highest BCUT2D eigenvalue weighted by atomic mass is 35.5. The average Bonchev–Trinajstić information content (AvgIpc) is 3.11. The highest BCUT2D eigenvalue weighted by molar-refractivity contribution is 6.30. The van der Waals surface area contributed by atoms with Crippen molar-refractivity contribution >= 4 is 29.9 Å². The van der Waals surface area contributed by atoms with Gasteiger partial charge in [0.05, 0.1) is 5.02 Å². The van der Waals surface area contributed by atoms with E-state index in [0.717, 1.165) is 18.7 Å². The number of carbonyl (C=O) groups is 1. The first-order chi connectivity index (χ1) is 11.1. The van der Waals surface area contributed by atoms with E-state index in [1.807, 2.05) is 12.3 Å². The summed E-state index contributed by atoms with van der Waals surface area (Å²) in [6, 6.07) is 6.26. The van der Waals surface area contributed by atoms with Crippen molar-refractivity contribution in [3.63, 3.8) is 0 Å². The van der Waals surface area contributed by atoms with Crippen molar-refractivity contribution < 1.29 is 9.18 Å². The second-order valence-electron chi connectivity index (χ2n) is 5.66. The number of nitrogens with zero attached hydrogens (tertiary/aromatic N) is 2. The van der Waals surface area contributed by atoms with Crippen molar-refractivity contribution in [1.29, 1.82) is 0 Å². The van der Waals surface area contributed by atoms with Gasteiger partial charge in [-0.2, -0.15) is 5.10 Å². The van der Waals surface area contributed by atoms with Crippen LogP contribution in [0.4, 0.5) is 4.39 Å². The number of halogens is 3. The lowest BCUT2D eigenvalue weighted by atomic mass is 9.87. The molecule has 0 aliphatic carbocycles. The molecule has 0 spiro atoms. The molecule has 3 rings (SSSR count). The van der Waals surface area contributed by atoms with E-state index in [2.05, 4.69) is 15.7 Å². The Kier molecular flexibility index (Phi) is 6.21. The third-order valence-electron chi connectivity index (χ3n) is 4.23. The van der Waals surface area contributed by atoms with Gasteiger partial charge in [0.1, 0.15) is 11.4 Å². The Balaban J connectivity index is 0.00000208. The monoisotopic (exact) mass is 372 g/mol. The van der Waals surface area contributed by atoms with Crippen LogP contribution in [0.5, 0.6) is 0 Å². The Hall–Kier alpha value is -1.63. The third-order valence-corrected chi connectivity index (χ3v) is 4.52. The topological polar surface area (TPSA) is 59.0 Å². The summed E-state index contributed by atoms with van der Waals surface area (Å²) in [6.07, 6.45) is 4.84. The molecule has 1 aromatic carbocycles. The van der Waals surface area contributed by atoms with Gasteiger partial charge in [0.25, 0.3) is 0 Å². The molecule has 1 aliphatic rings. The van der Waals surface area contributed by atoms with Crippen LogP contribution < -0.4 is 10.6 Å². The first-order valence-corrected chi connectivity index (χ1v) is 7.93. The highest BCUT2D eigenvalue weighted by Crippen LogP contribution is 2.27. The van der Waals surface area contributed by atoms with Crippen LogP contribution in [-0.4, -0.2) is 28.8 Å². The van der Waals surface area contributed by atoms with Gasteiger partial charge in [0, 0.05) is 18.9 Å². The number of benzene rings is 1. The van der Waals surface area contributed by atoms with Crippen molar-refractivity contribution in [1.82, 2.24) is 20.4 Å². The number of nitrogens with one attached hydrogen (secondary N) is 2. The quantitative estimate of drug-likeness (QED) is 0.866. The number of aromatic nitrogens is 2. The lowest BCUT2D eigenvalue weighted by Gasteiger charge is -2.36. The fraction of sp³-hybridized carbons (Fsp3) is 0.375. The van der Waals surface area contributed by atoms with E-state index in [0.29, 0.717) is 19.4 Å². The molecule has 2 heterocycles. The molecular weight excluding hydrogens is 354 g/mol. The zero-order valence-corrected chi connectivity index (χ0v) is 14.5. The standard InChI is InChI=1S/C16H18ClFN4O.ClH/c17-13-10-12(2-3-14(13)18)11-20-15(23)16(4-7-19-8-5-16)22-9-1-6-21-22;/h1-3,6,9-10,19H,4-5,7-8,11H2,(H,20,23);1H. The van der Waals surface area contributed by atoms with Gasteiger partial charge in [-0.25, -0.2) is 4.39 Å². The second-order valence-corrected chi connectivity index (χ2v) is 6.07. The summed E-state index contributed by atoms with van der Waals surface area (Å²) in [5.74, 6) is -0.545. The molecule has 8 heteroatoms. The van der Waals surface area contributed by atoms with Crippen LogP contribution in [0.2, 0.25) is 5.02 Å². The van der Waals surface area contributed by atoms with Gasteiger partial charge in [-0.15, -0.1) is 12.4 Å². The van der Waals surface area contributed by atoms with E-state index in [9.17, 15) is 9.18 Å². The van der Waals surface area contributed by atoms with Gasteiger partial charge in [0.2, 0.25) is 5.91 Å². The first kappa shape index (κ1) is 18.7. The summed E-state index contributed by atoms with van der Waals surface area (Å²) >= 11 is 5.78. The molecule has 1 fully saturated rings. The molecule has 0 bridgehead atoms. The number of piperidine rings is 1. The fourth-order valence-corrected chi connectivity index (χ4v) is 3.12. The normalized spacial score (nSPS) is 16.2. The maximum absolute atomic E-state index is 13.2. The lowest BCUT2D eigenvalue weighted by Crippen LogP contribution is -2.54. The maximum Gasteiger partial charge on any atom is 0.248 e. The molecule has 24 heavy (non-hydrogen) atoms. The summed E-state index contributed by atoms with van der Waals surface area (Å²) < 4.78 is 14.9. The van der Waals surface area contributed by atoms with Crippen LogP contribution in [0.3, 0.4) is 0 Å². The minimum Gasteiger partial charge on any atom is -0.350 e. The molecule has 1 saturated heterocycles. The van der Waals surface area contributed by atoms with Crippen molar-refractivity contribution in [2.45, 2.75) is 24.9 Å². The second kappa shape index (κ2) is 7.96. The molecule has 2 N–H and O–H groups in total. The van der Waals surface area contributed by atoms with Gasteiger partial charge in [-0.05, 0) is 49.7 Å². The van der Waals surface area contributed by atoms with E-state index in [1.165, 1.54) is 12.1 Å². The molecule has 130 valence electrons. The first-order valence-electron chi connectivity index (χ1n) is 7.55. The molecule has 5 nitrogen and oxygen atoms in total. The van der Waals surface area contributed by atoms with Crippen LogP contribution in [0.1, 0.15) is 18.4 Å². The van der Waals surface area contributed by atoms with Gasteiger partial charge in [0.15, 0.2) is 0 Å². The predicted octanol–water partition coefficient (Wildman–Crippen LogP) is 2.49. The zero-order valence-electron chi connectivity index (χ0n) is 13.0. The molecule has 0 atom stereocenters. The number of rotatable bonds is 4. The predicted molar refractivity (Wildman–Crippen MR) is 92.8 cm³/mol. The average molecular weight is 373 g/mol. The summed E-state index contributed by atoms with van der Waals surface area (Å²) in [5.41, 5.74) is 0.0766. The van der Waals surface area contributed by atoms with Gasteiger partial charge in [-0.3, -0.25) is 9.48 Å². The molecule has 2 aromatic rings. The third kappa shape index (κ3) is 3.71. The molecule has 1 aliphatic heterocycles. The molecule has 1 amide bonds. The molecule has 0 radical (unpaired) electrons. The van der Waals surface area contributed by atoms with E-state index in [-0.39, 0.29) is 23.3 Å². The Morgan fingerprint density at radius 2 is 2.17 bits per heavy atom. The maximum atomic E-state index is 13.2. The van der Waals surface area contributed by atoms with Crippen LogP contribution in [0.25, 0.3) is 0 Å². The Labute approximate surface area is 151 Å². The number of amides is 1. The minimum absolute atomic E-state index is 0. The summed E-state index contributed by atoms with van der Waals surface area (Å²) in [6.45, 7) is 1.82. The fourth-order valence-electron chi connectivity index (χ4n) is 2.92. The number of carbonyl (C=O) groups excluding carboxylic acids is 1. The van der Waals surface area contributed by atoms with Gasteiger partial charge < -0.3 is 10.6 Å². The Morgan fingerprint density at radius 3 is 2.79 bits per heavy atom. The minimum atomic E-state index is -0.682. The number of hydrogen-bond donors (Lipinski definition) is 2. The van der Waals surface area contributed by atoms with Crippen LogP contribution in [0, 0.1) is 5.82 Å². The molecular formula is C16H19Cl2FN4O. The highest BCUT2D eigenvalue weighted by Gasteiger charge is 2.41. The smallest absolute Gasteiger partial charge is 0.248 e. The van der Waals surface area contributed by atoms with Crippen LogP contribution >= 0.6 is 24.0 Å². The Bertz CT molecular complexity index is 687. The summed E-state index contributed by atoms with van der Waals surface area (Å²) in [4.78, 5) is 12.8. The largest absolute Gasteiger partial charge is 0.350 e. The lowest BCUT2D eigenvalue weighted by molar-refractivity contribution is -0.132. The van der Waals surface area contributed by atoms with E-state index >= 15 is 0 Å². The van der Waals surface area contributed by atoms with E-state index in [1.54, 1.807) is 16.9 Å². The van der Waals surface area contributed by atoms with Crippen LogP contribution in [0.15, 0.2) is 36.7 Å². The zero-order chi connectivity index (χ0) is 16.3. The van der Waals surface area contributed by atoms with Gasteiger partial charge in [-0.1, -0.05) is 17.7 Å². The molecule has 0 saturated carbocycles. The van der Waals surface area contributed by atoms with Crippen molar-refractivity contribution in [2.24, 2.45) is 0 Å². The van der Waals surface area contributed by atoms with E-state index in [4.69, 9.17) is 11.6 Å². The van der Waals surface area contributed by atoms with E-state index < -0.39 is 11.4 Å². The Morgan fingerprint density at radius 1 is 1.42 bits per heavy atom. The van der Waals surface area contributed by atoms with Crippen LogP contribution in [-0.2, 0) is 16.9 Å². The van der Waals surface area contributed by atoms with Crippen molar-refractivity contribution in [3.8, 4) is 0 Å². The van der Waals surface area contributed by atoms with Crippen molar-refractivity contribution in [3.05, 3.63) is 53.1 Å². The number of hydrogen-bond acceptors (Lipinski definition) is 3. The van der Waals surface area contributed by atoms with Crippen molar-refractivity contribution in [2.75, 3.05) is 13.1 Å². The summed E-state index contributed by atoms with van der Waals surface area (Å²) in [5, 5.41) is 10.5.